The number of carbonyl (C=O) groups is 1. The summed E-state index contributed by atoms with van der Waals surface area (Å²) in [7, 11) is 3.17. The number of halogens is 1. The third kappa shape index (κ3) is 2.81. The van der Waals surface area contributed by atoms with Crippen LogP contribution in [0.25, 0.3) is 0 Å². The average molecular weight is 347 g/mol. The van der Waals surface area contributed by atoms with Gasteiger partial charge in [-0.2, -0.15) is 0 Å². The summed E-state index contributed by atoms with van der Waals surface area (Å²) >= 11 is 6.27. The van der Waals surface area contributed by atoms with Gasteiger partial charge in [-0.05, 0) is 29.3 Å². The molecule has 2 unspecified atom stereocenters. The fourth-order valence-corrected chi connectivity index (χ4v) is 3.25. The molecule has 24 heavy (non-hydrogen) atoms. The number of benzene rings is 2. The minimum atomic E-state index is -0.565. The van der Waals surface area contributed by atoms with E-state index in [-0.39, 0.29) is 11.9 Å². The van der Waals surface area contributed by atoms with Crippen molar-refractivity contribution >= 4 is 17.5 Å². The molecule has 2 aromatic rings. The molecule has 1 aliphatic rings. The van der Waals surface area contributed by atoms with Gasteiger partial charge in [0.25, 0.3) is 0 Å². The Morgan fingerprint density at radius 2 is 1.83 bits per heavy atom. The first-order chi connectivity index (χ1) is 11.6. The molecule has 126 valence electrons. The van der Waals surface area contributed by atoms with E-state index in [0.29, 0.717) is 23.1 Å². The zero-order valence-corrected chi connectivity index (χ0v) is 14.3. The van der Waals surface area contributed by atoms with Crippen molar-refractivity contribution in [3.05, 3.63) is 58.6 Å². The number of rotatable bonds is 5. The highest BCUT2D eigenvalue weighted by Gasteiger charge is 2.46. The largest absolute Gasteiger partial charge is 0.493 e. The minimum Gasteiger partial charge on any atom is -0.493 e. The van der Waals surface area contributed by atoms with Gasteiger partial charge in [0.15, 0.2) is 11.5 Å². The summed E-state index contributed by atoms with van der Waals surface area (Å²) in [5.41, 5.74) is 7.82. The van der Waals surface area contributed by atoms with Gasteiger partial charge in [0.1, 0.15) is 6.04 Å². The number of hydrogen-bond donors (Lipinski definition) is 1. The maximum atomic E-state index is 12.2. The molecule has 2 aromatic carbocycles. The van der Waals surface area contributed by atoms with Crippen molar-refractivity contribution in [2.24, 2.45) is 5.73 Å². The molecule has 0 saturated carbocycles. The lowest BCUT2D eigenvalue weighted by molar-refractivity contribution is -0.150. The molecular formula is C18H19ClN2O3. The van der Waals surface area contributed by atoms with Crippen molar-refractivity contribution in [1.29, 1.82) is 0 Å². The molecule has 5 nitrogen and oxygen atoms in total. The molecule has 3 rings (SSSR count). The van der Waals surface area contributed by atoms with E-state index in [4.69, 9.17) is 26.8 Å². The van der Waals surface area contributed by atoms with E-state index >= 15 is 0 Å². The SMILES string of the molecule is COc1ccc(CN2C(=O)C(N)C2c2ccccc2Cl)cc1OC. The van der Waals surface area contributed by atoms with Crippen LogP contribution >= 0.6 is 11.6 Å². The molecule has 2 N–H and O–H groups in total. The van der Waals surface area contributed by atoms with Gasteiger partial charge in [0, 0.05) is 11.6 Å². The summed E-state index contributed by atoms with van der Waals surface area (Å²) in [6, 6.07) is 12.3. The molecule has 0 radical (unpaired) electrons. The van der Waals surface area contributed by atoms with Gasteiger partial charge in [0.2, 0.25) is 5.91 Å². The molecule has 0 bridgehead atoms. The number of methoxy groups -OCH3 is 2. The minimum absolute atomic E-state index is 0.0882. The predicted molar refractivity (Wildman–Crippen MR) is 92.3 cm³/mol. The van der Waals surface area contributed by atoms with Gasteiger partial charge in [-0.25, -0.2) is 0 Å². The molecule has 1 fully saturated rings. The Kier molecular flexibility index (Phi) is 4.64. The standard InChI is InChI=1S/C18H19ClN2O3/c1-23-14-8-7-11(9-15(14)24-2)10-21-17(16(20)18(21)22)12-5-3-4-6-13(12)19/h3-9,16-17H,10,20H2,1-2H3. The van der Waals surface area contributed by atoms with E-state index in [0.717, 1.165) is 11.1 Å². The number of amides is 1. The molecule has 1 heterocycles. The highest BCUT2D eigenvalue weighted by Crippen LogP contribution is 2.39. The van der Waals surface area contributed by atoms with Crippen molar-refractivity contribution in [2.75, 3.05) is 14.2 Å². The molecule has 6 heteroatoms. The summed E-state index contributed by atoms with van der Waals surface area (Å²) in [6.07, 6.45) is 0. The van der Waals surface area contributed by atoms with Crippen LogP contribution < -0.4 is 15.2 Å². The van der Waals surface area contributed by atoms with Crippen LogP contribution in [0.15, 0.2) is 42.5 Å². The van der Waals surface area contributed by atoms with Gasteiger partial charge < -0.3 is 20.1 Å². The van der Waals surface area contributed by atoms with Crippen molar-refractivity contribution in [1.82, 2.24) is 4.90 Å². The van der Waals surface area contributed by atoms with Crippen LogP contribution in [0.4, 0.5) is 0 Å². The van der Waals surface area contributed by atoms with Crippen molar-refractivity contribution in [3.63, 3.8) is 0 Å². The van der Waals surface area contributed by atoms with E-state index in [2.05, 4.69) is 0 Å². The van der Waals surface area contributed by atoms with E-state index < -0.39 is 6.04 Å². The van der Waals surface area contributed by atoms with Gasteiger partial charge in [-0.15, -0.1) is 0 Å². The first-order valence-electron chi connectivity index (χ1n) is 7.58. The number of β-lactam (4-membered cyclic amide) rings is 1. The summed E-state index contributed by atoms with van der Waals surface area (Å²) < 4.78 is 10.6. The number of ether oxygens (including phenoxy) is 2. The number of nitrogens with two attached hydrogens (primary N) is 1. The van der Waals surface area contributed by atoms with E-state index in [1.54, 1.807) is 25.2 Å². The van der Waals surface area contributed by atoms with Crippen molar-refractivity contribution in [2.45, 2.75) is 18.6 Å². The molecule has 0 spiro atoms. The lowest BCUT2D eigenvalue weighted by Gasteiger charge is -2.46. The second-order valence-corrected chi connectivity index (χ2v) is 6.05. The molecule has 0 aliphatic carbocycles. The van der Waals surface area contributed by atoms with Gasteiger partial charge in [-0.3, -0.25) is 4.79 Å². The highest BCUT2D eigenvalue weighted by atomic mass is 35.5. The monoisotopic (exact) mass is 346 g/mol. The average Bonchev–Trinajstić information content (AvgIpc) is 2.62. The Labute approximate surface area is 145 Å². The number of likely N-dealkylation sites (tertiary alicyclic amines) is 1. The Morgan fingerprint density at radius 3 is 2.50 bits per heavy atom. The van der Waals surface area contributed by atoms with Crippen LogP contribution in [0.1, 0.15) is 17.2 Å². The summed E-state index contributed by atoms with van der Waals surface area (Å²) in [4.78, 5) is 14.0. The Hall–Kier alpha value is -2.24. The normalized spacial score (nSPS) is 19.8. The summed E-state index contributed by atoms with van der Waals surface area (Å²) in [5.74, 6) is 1.19. The van der Waals surface area contributed by atoms with Crippen LogP contribution in [-0.2, 0) is 11.3 Å². The predicted octanol–water partition coefficient (Wildman–Crippen LogP) is 2.77. The van der Waals surface area contributed by atoms with E-state index in [1.807, 2.05) is 36.4 Å². The lowest BCUT2D eigenvalue weighted by Crippen LogP contribution is -2.62. The first-order valence-corrected chi connectivity index (χ1v) is 7.96. The van der Waals surface area contributed by atoms with Crippen LogP contribution in [0, 0.1) is 0 Å². The molecular weight excluding hydrogens is 328 g/mol. The highest BCUT2D eigenvalue weighted by molar-refractivity contribution is 6.31. The smallest absolute Gasteiger partial charge is 0.242 e. The van der Waals surface area contributed by atoms with Crippen molar-refractivity contribution in [3.8, 4) is 11.5 Å². The number of hydrogen-bond acceptors (Lipinski definition) is 4. The fourth-order valence-electron chi connectivity index (χ4n) is 3.00. The first kappa shape index (κ1) is 16.6. The van der Waals surface area contributed by atoms with Gasteiger partial charge in [0.05, 0.1) is 20.3 Å². The second-order valence-electron chi connectivity index (χ2n) is 5.65. The number of carbonyl (C=O) groups excluding carboxylic acids is 1. The zero-order valence-electron chi connectivity index (χ0n) is 13.5. The van der Waals surface area contributed by atoms with Crippen LogP contribution in [0.5, 0.6) is 11.5 Å². The molecule has 1 amide bonds. The van der Waals surface area contributed by atoms with E-state index in [9.17, 15) is 4.79 Å². The van der Waals surface area contributed by atoms with Crippen LogP contribution in [0.3, 0.4) is 0 Å². The maximum absolute atomic E-state index is 12.2. The van der Waals surface area contributed by atoms with Gasteiger partial charge in [-0.1, -0.05) is 35.9 Å². The quantitative estimate of drug-likeness (QED) is 0.845. The maximum Gasteiger partial charge on any atom is 0.242 e. The van der Waals surface area contributed by atoms with Crippen molar-refractivity contribution < 1.29 is 14.3 Å². The second kappa shape index (κ2) is 6.71. The zero-order chi connectivity index (χ0) is 17.3. The molecule has 0 aromatic heterocycles. The fraction of sp³-hybridized carbons (Fsp3) is 0.278. The summed E-state index contributed by atoms with van der Waals surface area (Å²) in [6.45, 7) is 0.433. The third-order valence-electron chi connectivity index (χ3n) is 4.27. The molecule has 1 saturated heterocycles. The molecule has 2 atom stereocenters. The lowest BCUT2D eigenvalue weighted by atomic mass is 9.88. The van der Waals surface area contributed by atoms with Crippen LogP contribution in [0.2, 0.25) is 5.02 Å². The Bertz CT molecular complexity index is 766. The third-order valence-corrected chi connectivity index (χ3v) is 4.61. The number of nitrogens with zero attached hydrogens (tertiary/aromatic N) is 1. The van der Waals surface area contributed by atoms with Gasteiger partial charge >= 0.3 is 0 Å². The Balaban J connectivity index is 1.86. The van der Waals surface area contributed by atoms with Crippen LogP contribution in [-0.4, -0.2) is 31.1 Å². The Morgan fingerprint density at radius 1 is 1.12 bits per heavy atom. The summed E-state index contributed by atoms with van der Waals surface area (Å²) in [5, 5.41) is 0.614. The van der Waals surface area contributed by atoms with E-state index in [1.165, 1.54) is 0 Å². The molecule has 1 aliphatic heterocycles. The topological polar surface area (TPSA) is 64.8 Å².